The van der Waals surface area contributed by atoms with Crippen molar-refractivity contribution in [1.82, 2.24) is 5.32 Å². The summed E-state index contributed by atoms with van der Waals surface area (Å²) in [6.07, 6.45) is 3.42. The van der Waals surface area contributed by atoms with Gasteiger partial charge in [-0.2, -0.15) is 0 Å². The molecule has 3 rings (SSSR count). The predicted octanol–water partition coefficient (Wildman–Crippen LogP) is 2.37. The van der Waals surface area contributed by atoms with Gasteiger partial charge in [-0.3, -0.25) is 4.39 Å². The zero-order valence-corrected chi connectivity index (χ0v) is 8.70. The van der Waals surface area contributed by atoms with Crippen LogP contribution in [-0.2, 0) is 0 Å². The maximum Gasteiger partial charge on any atom is 0.0951 e. The van der Waals surface area contributed by atoms with Crippen molar-refractivity contribution in [3.8, 4) is 0 Å². The Balaban J connectivity index is 1.64. The molecule has 3 fully saturated rings. The number of halogens is 1. The number of hydrogen-bond acceptors (Lipinski definition) is 1. The van der Waals surface area contributed by atoms with E-state index in [0.717, 1.165) is 38.3 Å². The minimum Gasteiger partial charge on any atom is -0.316 e. The Morgan fingerprint density at radius 1 is 1.23 bits per heavy atom. The second-order valence-corrected chi connectivity index (χ2v) is 5.69. The molecule has 3 aliphatic carbocycles. The molecule has 2 heteroatoms. The third kappa shape index (κ3) is 1.50. The van der Waals surface area contributed by atoms with Crippen LogP contribution in [0.3, 0.4) is 0 Å². The fraction of sp³-hybridized carbons (Fsp3) is 1.00. The Bertz CT molecular complexity index is 180. The van der Waals surface area contributed by atoms with E-state index in [0.29, 0.717) is 5.41 Å². The molecule has 0 heterocycles. The summed E-state index contributed by atoms with van der Waals surface area (Å²) in [7, 11) is 0. The summed E-state index contributed by atoms with van der Waals surface area (Å²) >= 11 is 0. The highest BCUT2D eigenvalue weighted by Crippen LogP contribution is 2.73. The van der Waals surface area contributed by atoms with Crippen LogP contribution >= 0.6 is 0 Å². The number of nitrogens with one attached hydrogen (secondary N) is 1. The zero-order chi connectivity index (χ0) is 9.53. The van der Waals surface area contributed by atoms with Gasteiger partial charge in [-0.05, 0) is 37.1 Å². The van der Waals surface area contributed by atoms with Crippen LogP contribution in [0.15, 0.2) is 0 Å². The standard InChI is InChI=1S/C11H20FN/c1-9(2)3-13-8-11-4-10(5-11,6-11)7-12/h9,13H,3-8H2,1-2H3. The number of rotatable bonds is 5. The van der Waals surface area contributed by atoms with Crippen LogP contribution in [0, 0.1) is 16.7 Å². The first-order valence-corrected chi connectivity index (χ1v) is 5.37. The summed E-state index contributed by atoms with van der Waals surface area (Å²) in [5, 5.41) is 3.48. The van der Waals surface area contributed by atoms with E-state index >= 15 is 0 Å². The van der Waals surface area contributed by atoms with Gasteiger partial charge >= 0.3 is 0 Å². The van der Waals surface area contributed by atoms with Crippen molar-refractivity contribution in [2.45, 2.75) is 33.1 Å². The highest BCUT2D eigenvalue weighted by atomic mass is 19.1. The zero-order valence-electron chi connectivity index (χ0n) is 8.70. The molecule has 0 unspecified atom stereocenters. The van der Waals surface area contributed by atoms with Crippen LogP contribution in [-0.4, -0.2) is 19.8 Å². The SMILES string of the molecule is CC(C)CNCC12CC(CF)(C1)C2. The lowest BCUT2D eigenvalue weighted by Crippen LogP contribution is -2.66. The molecule has 0 aromatic heterocycles. The van der Waals surface area contributed by atoms with Gasteiger partial charge in [0.25, 0.3) is 0 Å². The first-order valence-electron chi connectivity index (χ1n) is 5.37. The quantitative estimate of drug-likeness (QED) is 0.693. The van der Waals surface area contributed by atoms with E-state index < -0.39 is 0 Å². The van der Waals surface area contributed by atoms with E-state index in [4.69, 9.17) is 0 Å². The van der Waals surface area contributed by atoms with E-state index in [9.17, 15) is 4.39 Å². The fourth-order valence-corrected chi connectivity index (χ4v) is 3.19. The highest BCUT2D eigenvalue weighted by molar-refractivity contribution is 5.17. The smallest absolute Gasteiger partial charge is 0.0951 e. The first-order chi connectivity index (χ1) is 6.10. The van der Waals surface area contributed by atoms with E-state index in [-0.39, 0.29) is 12.1 Å². The molecule has 0 radical (unpaired) electrons. The van der Waals surface area contributed by atoms with Crippen LogP contribution in [0.2, 0.25) is 0 Å². The molecular weight excluding hydrogens is 165 g/mol. The van der Waals surface area contributed by atoms with Gasteiger partial charge in [0.05, 0.1) is 6.67 Å². The normalized spacial score (nSPS) is 41.5. The van der Waals surface area contributed by atoms with E-state index in [1.807, 2.05) is 0 Å². The maximum absolute atomic E-state index is 12.5. The van der Waals surface area contributed by atoms with Gasteiger partial charge in [0.15, 0.2) is 0 Å². The third-order valence-electron chi connectivity index (χ3n) is 3.59. The molecule has 0 saturated heterocycles. The first kappa shape index (κ1) is 9.45. The lowest BCUT2D eigenvalue weighted by molar-refractivity contribution is -0.208. The molecule has 0 aliphatic heterocycles. The van der Waals surface area contributed by atoms with Gasteiger partial charge in [-0.1, -0.05) is 13.8 Å². The van der Waals surface area contributed by atoms with Gasteiger partial charge < -0.3 is 5.32 Å². The Labute approximate surface area is 80.1 Å². The molecule has 0 aromatic carbocycles. The molecule has 1 N–H and O–H groups in total. The van der Waals surface area contributed by atoms with Crippen LogP contribution in [0.1, 0.15) is 33.1 Å². The summed E-state index contributed by atoms with van der Waals surface area (Å²) < 4.78 is 12.5. The van der Waals surface area contributed by atoms with E-state index in [1.54, 1.807) is 0 Å². The Hall–Kier alpha value is -0.110. The van der Waals surface area contributed by atoms with E-state index in [2.05, 4.69) is 19.2 Å². The molecule has 0 aromatic rings. The fourth-order valence-electron chi connectivity index (χ4n) is 3.19. The van der Waals surface area contributed by atoms with Gasteiger partial charge in [0.2, 0.25) is 0 Å². The average molecular weight is 185 g/mol. The Morgan fingerprint density at radius 2 is 1.85 bits per heavy atom. The molecule has 0 atom stereocenters. The van der Waals surface area contributed by atoms with Crippen molar-refractivity contribution in [3.05, 3.63) is 0 Å². The van der Waals surface area contributed by atoms with Crippen LogP contribution in [0.4, 0.5) is 4.39 Å². The predicted molar refractivity (Wildman–Crippen MR) is 52.4 cm³/mol. The summed E-state index contributed by atoms with van der Waals surface area (Å²) in [6, 6.07) is 0. The van der Waals surface area contributed by atoms with Crippen molar-refractivity contribution < 1.29 is 4.39 Å². The summed E-state index contributed by atoms with van der Waals surface area (Å²) in [5.41, 5.74) is 0.667. The summed E-state index contributed by atoms with van der Waals surface area (Å²) in [6.45, 7) is 6.58. The van der Waals surface area contributed by atoms with Crippen molar-refractivity contribution in [2.75, 3.05) is 19.8 Å². The highest BCUT2D eigenvalue weighted by Gasteiger charge is 2.67. The number of hydrogen-bond donors (Lipinski definition) is 1. The van der Waals surface area contributed by atoms with Crippen LogP contribution in [0.5, 0.6) is 0 Å². The van der Waals surface area contributed by atoms with Gasteiger partial charge in [0, 0.05) is 12.0 Å². The van der Waals surface area contributed by atoms with Crippen molar-refractivity contribution in [1.29, 1.82) is 0 Å². The minimum absolute atomic E-state index is 0.0844. The van der Waals surface area contributed by atoms with E-state index in [1.165, 1.54) is 0 Å². The topological polar surface area (TPSA) is 12.0 Å². The minimum atomic E-state index is -0.0844. The maximum atomic E-state index is 12.5. The van der Waals surface area contributed by atoms with Crippen LogP contribution < -0.4 is 5.32 Å². The molecule has 0 spiro atoms. The van der Waals surface area contributed by atoms with Crippen molar-refractivity contribution in [2.24, 2.45) is 16.7 Å². The van der Waals surface area contributed by atoms with Crippen molar-refractivity contribution in [3.63, 3.8) is 0 Å². The largest absolute Gasteiger partial charge is 0.316 e. The molecule has 1 nitrogen and oxygen atoms in total. The monoisotopic (exact) mass is 185 g/mol. The molecule has 3 aliphatic rings. The summed E-state index contributed by atoms with van der Waals surface area (Å²) in [4.78, 5) is 0. The molecule has 3 saturated carbocycles. The molecule has 76 valence electrons. The number of alkyl halides is 1. The lowest BCUT2D eigenvalue weighted by atomic mass is 9.35. The van der Waals surface area contributed by atoms with Gasteiger partial charge in [-0.15, -0.1) is 0 Å². The second-order valence-electron chi connectivity index (χ2n) is 5.69. The molecule has 13 heavy (non-hydrogen) atoms. The molecule has 2 bridgehead atoms. The molecule has 0 amide bonds. The molecular formula is C11H20FN. The second kappa shape index (κ2) is 2.94. The van der Waals surface area contributed by atoms with Crippen molar-refractivity contribution >= 4 is 0 Å². The van der Waals surface area contributed by atoms with Gasteiger partial charge in [-0.25, -0.2) is 0 Å². The van der Waals surface area contributed by atoms with Gasteiger partial charge in [0.1, 0.15) is 0 Å². The third-order valence-corrected chi connectivity index (χ3v) is 3.59. The Kier molecular flexibility index (Phi) is 2.14. The summed E-state index contributed by atoms with van der Waals surface area (Å²) in [5.74, 6) is 0.725. The average Bonchev–Trinajstić information content (AvgIpc) is 1.91. The Morgan fingerprint density at radius 3 is 2.31 bits per heavy atom. The van der Waals surface area contributed by atoms with Crippen LogP contribution in [0.25, 0.3) is 0 Å². The lowest BCUT2D eigenvalue weighted by Gasteiger charge is -2.70.